The summed E-state index contributed by atoms with van der Waals surface area (Å²) in [7, 11) is 2.06. The van der Waals surface area contributed by atoms with Gasteiger partial charge in [0.1, 0.15) is 5.65 Å². The fraction of sp³-hybridized carbons (Fsp3) is 0.385. The van der Waals surface area contributed by atoms with Crippen molar-refractivity contribution in [3.8, 4) is 0 Å². The molecule has 0 fully saturated rings. The summed E-state index contributed by atoms with van der Waals surface area (Å²) in [5.74, 6) is 0.967. The van der Waals surface area contributed by atoms with E-state index in [0.717, 1.165) is 42.2 Å². The molecule has 1 aliphatic rings. The number of aliphatic imine (C=N–C) groups is 1. The maximum absolute atomic E-state index is 4.55. The number of aromatic nitrogens is 2. The third-order valence-corrected chi connectivity index (χ3v) is 3.17. The third kappa shape index (κ3) is 2.16. The van der Waals surface area contributed by atoms with Crippen molar-refractivity contribution in [2.75, 3.05) is 20.1 Å². The van der Waals surface area contributed by atoms with E-state index in [4.69, 9.17) is 0 Å². The van der Waals surface area contributed by atoms with Crippen molar-refractivity contribution in [3.05, 3.63) is 30.1 Å². The first-order valence-electron chi connectivity index (χ1n) is 6.25. The summed E-state index contributed by atoms with van der Waals surface area (Å²) in [6.07, 6.45) is 3.04. The lowest BCUT2D eigenvalue weighted by Crippen LogP contribution is -2.41. The van der Waals surface area contributed by atoms with Crippen LogP contribution in [0.25, 0.3) is 11.0 Å². The molecule has 2 aromatic heterocycles. The fourth-order valence-corrected chi connectivity index (χ4v) is 2.15. The van der Waals surface area contributed by atoms with Gasteiger partial charge in [-0.1, -0.05) is 0 Å². The van der Waals surface area contributed by atoms with E-state index in [9.17, 15) is 0 Å². The average Bonchev–Trinajstić information content (AvgIpc) is 2.85. The molecule has 0 spiro atoms. The molecular formula is C13H17N5. The predicted octanol–water partition coefficient (Wildman–Crippen LogP) is 1.34. The second-order valence-electron chi connectivity index (χ2n) is 4.55. The molecule has 5 heteroatoms. The van der Waals surface area contributed by atoms with Gasteiger partial charge in [-0.25, -0.2) is 4.98 Å². The molecule has 0 atom stereocenters. The Hall–Kier alpha value is -2.04. The predicted molar refractivity (Wildman–Crippen MR) is 72.5 cm³/mol. The summed E-state index contributed by atoms with van der Waals surface area (Å²) in [5.41, 5.74) is 1.96. The smallest absolute Gasteiger partial charge is 0.193 e. The molecule has 5 nitrogen and oxygen atoms in total. The first-order chi connectivity index (χ1) is 8.83. The van der Waals surface area contributed by atoms with Crippen molar-refractivity contribution in [2.45, 2.75) is 13.0 Å². The molecule has 0 amide bonds. The van der Waals surface area contributed by atoms with Crippen molar-refractivity contribution in [3.63, 3.8) is 0 Å². The van der Waals surface area contributed by atoms with Gasteiger partial charge >= 0.3 is 0 Å². The van der Waals surface area contributed by atoms with Crippen LogP contribution in [0, 0.1) is 0 Å². The Kier molecular flexibility index (Phi) is 2.88. The van der Waals surface area contributed by atoms with Gasteiger partial charge in [0.25, 0.3) is 0 Å². The highest BCUT2D eigenvalue weighted by Crippen LogP contribution is 2.10. The van der Waals surface area contributed by atoms with Crippen LogP contribution in [-0.2, 0) is 6.54 Å². The molecule has 0 radical (unpaired) electrons. The third-order valence-electron chi connectivity index (χ3n) is 3.17. The number of pyridine rings is 1. The van der Waals surface area contributed by atoms with Crippen LogP contribution < -0.4 is 5.32 Å². The van der Waals surface area contributed by atoms with E-state index in [2.05, 4.69) is 38.3 Å². The highest BCUT2D eigenvalue weighted by molar-refractivity contribution is 5.80. The molecule has 1 aliphatic heterocycles. The topological polar surface area (TPSA) is 56.3 Å². The Bertz CT molecular complexity index is 572. The number of hydrogen-bond acceptors (Lipinski definition) is 4. The molecule has 18 heavy (non-hydrogen) atoms. The van der Waals surface area contributed by atoms with Gasteiger partial charge < -0.3 is 15.2 Å². The van der Waals surface area contributed by atoms with E-state index in [1.54, 1.807) is 0 Å². The molecule has 2 N–H and O–H groups in total. The molecule has 0 unspecified atom stereocenters. The lowest BCUT2D eigenvalue weighted by molar-refractivity contribution is 0.446. The molecule has 2 aromatic rings. The van der Waals surface area contributed by atoms with E-state index in [1.165, 1.54) is 0 Å². The largest absolute Gasteiger partial charge is 0.351 e. The van der Waals surface area contributed by atoms with Gasteiger partial charge in [-0.15, -0.1) is 0 Å². The molecule has 94 valence electrons. The van der Waals surface area contributed by atoms with Crippen molar-refractivity contribution in [2.24, 2.45) is 4.99 Å². The van der Waals surface area contributed by atoms with Gasteiger partial charge in [0.2, 0.25) is 0 Å². The first kappa shape index (κ1) is 11.1. The molecule has 0 saturated heterocycles. The summed E-state index contributed by atoms with van der Waals surface area (Å²) >= 11 is 0. The normalized spacial score (nSPS) is 15.8. The van der Waals surface area contributed by atoms with Gasteiger partial charge in [0.05, 0.1) is 12.2 Å². The van der Waals surface area contributed by atoms with E-state index >= 15 is 0 Å². The number of nitrogens with zero attached hydrogens (tertiary/aromatic N) is 3. The van der Waals surface area contributed by atoms with E-state index < -0.39 is 0 Å². The quantitative estimate of drug-likeness (QED) is 0.837. The van der Waals surface area contributed by atoms with Crippen LogP contribution in [0.4, 0.5) is 0 Å². The number of fused-ring (bicyclic) bond motifs is 1. The molecule has 0 aliphatic carbocycles. The maximum Gasteiger partial charge on any atom is 0.193 e. The zero-order valence-corrected chi connectivity index (χ0v) is 10.5. The Morgan fingerprint density at radius 2 is 2.33 bits per heavy atom. The highest BCUT2D eigenvalue weighted by Gasteiger charge is 2.10. The van der Waals surface area contributed by atoms with Crippen LogP contribution in [0.2, 0.25) is 0 Å². The zero-order chi connectivity index (χ0) is 12.4. The number of nitrogens with one attached hydrogen (secondary N) is 2. The fourth-order valence-electron chi connectivity index (χ4n) is 2.15. The lowest BCUT2D eigenvalue weighted by atomic mass is 10.3. The zero-order valence-electron chi connectivity index (χ0n) is 10.5. The number of rotatable bonds is 2. The number of hydrogen-bond donors (Lipinski definition) is 2. The Morgan fingerprint density at radius 3 is 3.22 bits per heavy atom. The van der Waals surface area contributed by atoms with Crippen LogP contribution in [0.3, 0.4) is 0 Å². The average molecular weight is 243 g/mol. The summed E-state index contributed by atoms with van der Waals surface area (Å²) in [5, 5.41) is 4.49. The summed E-state index contributed by atoms with van der Waals surface area (Å²) < 4.78 is 0. The summed E-state index contributed by atoms with van der Waals surface area (Å²) in [4.78, 5) is 14.3. The van der Waals surface area contributed by atoms with Crippen LogP contribution >= 0.6 is 0 Å². The van der Waals surface area contributed by atoms with Gasteiger partial charge in [-0.05, 0) is 24.6 Å². The van der Waals surface area contributed by atoms with Gasteiger partial charge in [0.15, 0.2) is 5.96 Å². The molecular weight excluding hydrogens is 226 g/mol. The second-order valence-corrected chi connectivity index (χ2v) is 4.55. The molecule has 0 bridgehead atoms. The lowest BCUT2D eigenvalue weighted by Gasteiger charge is -2.25. The minimum Gasteiger partial charge on any atom is -0.351 e. The summed E-state index contributed by atoms with van der Waals surface area (Å²) in [6, 6.07) is 6.16. The molecule has 0 aromatic carbocycles. The molecule has 3 heterocycles. The van der Waals surface area contributed by atoms with Gasteiger partial charge in [0, 0.05) is 31.7 Å². The van der Waals surface area contributed by atoms with E-state index in [0.29, 0.717) is 6.54 Å². The van der Waals surface area contributed by atoms with Crippen molar-refractivity contribution < 1.29 is 0 Å². The number of guanidine groups is 1. The van der Waals surface area contributed by atoms with E-state index in [1.807, 2.05) is 18.3 Å². The Balaban J connectivity index is 1.70. The number of H-pyrrole nitrogens is 1. The Labute approximate surface area is 106 Å². The maximum atomic E-state index is 4.55. The van der Waals surface area contributed by atoms with Crippen LogP contribution in [-0.4, -0.2) is 41.0 Å². The standard InChI is InChI=1S/C13H17N5/c1-18-8-2-6-15-13(18)16-9-11-4-3-10-5-7-14-12(10)17-11/h3-5,7H,2,6,8-9H2,1H3,(H,14,17)(H,15,16). The summed E-state index contributed by atoms with van der Waals surface area (Å²) in [6.45, 7) is 2.68. The van der Waals surface area contributed by atoms with Crippen molar-refractivity contribution >= 4 is 17.0 Å². The van der Waals surface area contributed by atoms with Crippen LogP contribution in [0.5, 0.6) is 0 Å². The van der Waals surface area contributed by atoms with Crippen LogP contribution in [0.15, 0.2) is 29.4 Å². The van der Waals surface area contributed by atoms with E-state index in [-0.39, 0.29) is 0 Å². The number of aromatic amines is 1. The highest BCUT2D eigenvalue weighted by atomic mass is 15.3. The monoisotopic (exact) mass is 243 g/mol. The SMILES string of the molecule is CN1CCCN=C1NCc1ccc2cc[nH]c2n1. The van der Waals surface area contributed by atoms with Gasteiger partial charge in [-0.3, -0.25) is 4.99 Å². The minimum absolute atomic E-state index is 0.706. The first-order valence-corrected chi connectivity index (χ1v) is 6.25. The Morgan fingerprint density at radius 1 is 1.39 bits per heavy atom. The molecule has 0 saturated carbocycles. The second kappa shape index (κ2) is 4.68. The van der Waals surface area contributed by atoms with Crippen molar-refractivity contribution in [1.82, 2.24) is 20.2 Å². The molecule has 3 rings (SSSR count). The minimum atomic E-state index is 0.706. The van der Waals surface area contributed by atoms with Gasteiger partial charge in [-0.2, -0.15) is 0 Å². The van der Waals surface area contributed by atoms with Crippen molar-refractivity contribution in [1.29, 1.82) is 0 Å². The van der Waals surface area contributed by atoms with Crippen LogP contribution in [0.1, 0.15) is 12.1 Å².